The molecule has 1 aliphatic heterocycles. The number of halogens is 1. The number of hydrogen-bond acceptors (Lipinski definition) is 6. The summed E-state index contributed by atoms with van der Waals surface area (Å²) in [5.41, 5.74) is 5.74. The molecule has 2 aromatic carbocycles. The number of ether oxygens (including phenoxy) is 2. The van der Waals surface area contributed by atoms with Crippen molar-refractivity contribution in [1.29, 1.82) is 0 Å². The van der Waals surface area contributed by atoms with Crippen molar-refractivity contribution >= 4 is 39.1 Å². The summed E-state index contributed by atoms with van der Waals surface area (Å²) in [6.45, 7) is 0.943. The van der Waals surface area contributed by atoms with Gasteiger partial charge in [-0.1, -0.05) is 11.6 Å². The first-order valence-corrected chi connectivity index (χ1v) is 10.8. The van der Waals surface area contributed by atoms with Crippen LogP contribution in [0.2, 0.25) is 5.02 Å². The van der Waals surface area contributed by atoms with E-state index >= 15 is 0 Å². The Morgan fingerprint density at radius 2 is 1.80 bits per heavy atom. The molecular formula is C19H20ClN3O6S. The van der Waals surface area contributed by atoms with Gasteiger partial charge < -0.3 is 20.5 Å². The highest BCUT2D eigenvalue weighted by molar-refractivity contribution is 7.89. The number of rotatable bonds is 7. The predicted molar refractivity (Wildman–Crippen MR) is 110 cm³/mol. The van der Waals surface area contributed by atoms with Crippen LogP contribution in [0.5, 0.6) is 5.75 Å². The lowest BCUT2D eigenvalue weighted by atomic mass is 10.2. The first kappa shape index (κ1) is 22.0. The number of nitrogens with one attached hydrogen (secondary N) is 1. The van der Waals surface area contributed by atoms with E-state index in [-0.39, 0.29) is 22.8 Å². The van der Waals surface area contributed by atoms with Gasteiger partial charge in [0.25, 0.3) is 11.8 Å². The Morgan fingerprint density at radius 1 is 1.13 bits per heavy atom. The van der Waals surface area contributed by atoms with Crippen LogP contribution >= 0.6 is 11.6 Å². The van der Waals surface area contributed by atoms with Crippen molar-refractivity contribution in [2.24, 2.45) is 5.73 Å². The SMILES string of the molecule is NC(=O)c1cc(Cl)ccc1OCC(=O)Nc1ccc(S(=O)(=O)N2CCOCC2)cc1. The van der Waals surface area contributed by atoms with Crippen molar-refractivity contribution in [3.63, 3.8) is 0 Å². The molecule has 11 heteroatoms. The fourth-order valence-corrected chi connectivity index (χ4v) is 4.39. The summed E-state index contributed by atoms with van der Waals surface area (Å²) < 4.78 is 37.1. The van der Waals surface area contributed by atoms with Gasteiger partial charge in [-0.05, 0) is 42.5 Å². The third-order valence-electron chi connectivity index (χ3n) is 4.31. The fourth-order valence-electron chi connectivity index (χ4n) is 2.81. The average molecular weight is 454 g/mol. The molecule has 0 saturated carbocycles. The number of nitrogens with zero attached hydrogens (tertiary/aromatic N) is 1. The molecule has 0 bridgehead atoms. The smallest absolute Gasteiger partial charge is 0.262 e. The van der Waals surface area contributed by atoms with Crippen molar-refractivity contribution < 1.29 is 27.5 Å². The molecule has 0 radical (unpaired) electrons. The summed E-state index contributed by atoms with van der Waals surface area (Å²) in [6, 6.07) is 10.1. The van der Waals surface area contributed by atoms with Crippen LogP contribution in [0.15, 0.2) is 47.4 Å². The Balaban J connectivity index is 1.61. The maximum absolute atomic E-state index is 12.6. The van der Waals surface area contributed by atoms with Crippen LogP contribution < -0.4 is 15.8 Å². The van der Waals surface area contributed by atoms with Crippen LogP contribution in [-0.4, -0.2) is 57.4 Å². The highest BCUT2D eigenvalue weighted by Crippen LogP contribution is 2.23. The minimum absolute atomic E-state index is 0.0629. The maximum atomic E-state index is 12.6. The molecule has 0 aliphatic carbocycles. The van der Waals surface area contributed by atoms with E-state index in [9.17, 15) is 18.0 Å². The monoisotopic (exact) mass is 453 g/mol. The molecule has 1 saturated heterocycles. The number of primary amides is 1. The molecule has 1 fully saturated rings. The van der Waals surface area contributed by atoms with Gasteiger partial charge in [0.1, 0.15) is 5.75 Å². The van der Waals surface area contributed by atoms with Gasteiger partial charge in [-0.3, -0.25) is 9.59 Å². The van der Waals surface area contributed by atoms with E-state index in [0.717, 1.165) is 0 Å². The second-order valence-electron chi connectivity index (χ2n) is 6.38. The van der Waals surface area contributed by atoms with Crippen molar-refractivity contribution in [2.75, 3.05) is 38.2 Å². The largest absolute Gasteiger partial charge is 0.483 e. The van der Waals surface area contributed by atoms with Gasteiger partial charge >= 0.3 is 0 Å². The summed E-state index contributed by atoms with van der Waals surface area (Å²) in [7, 11) is -3.61. The number of amides is 2. The summed E-state index contributed by atoms with van der Waals surface area (Å²) in [5, 5.41) is 2.91. The quantitative estimate of drug-likeness (QED) is 0.653. The predicted octanol–water partition coefficient (Wildman–Crippen LogP) is 1.48. The van der Waals surface area contributed by atoms with Gasteiger partial charge in [0.05, 0.1) is 23.7 Å². The summed E-state index contributed by atoms with van der Waals surface area (Å²) in [6.07, 6.45) is 0. The normalized spacial score (nSPS) is 14.8. The second-order valence-corrected chi connectivity index (χ2v) is 8.76. The van der Waals surface area contributed by atoms with Gasteiger partial charge in [0.15, 0.2) is 6.61 Å². The van der Waals surface area contributed by atoms with Crippen molar-refractivity contribution in [2.45, 2.75) is 4.90 Å². The molecule has 9 nitrogen and oxygen atoms in total. The Morgan fingerprint density at radius 3 is 2.43 bits per heavy atom. The number of carbonyl (C=O) groups excluding carboxylic acids is 2. The lowest BCUT2D eigenvalue weighted by Crippen LogP contribution is -2.40. The Labute approximate surface area is 178 Å². The van der Waals surface area contributed by atoms with Crippen LogP contribution in [0.3, 0.4) is 0 Å². The lowest BCUT2D eigenvalue weighted by molar-refractivity contribution is -0.118. The number of benzene rings is 2. The van der Waals surface area contributed by atoms with E-state index in [1.165, 1.54) is 46.8 Å². The minimum Gasteiger partial charge on any atom is -0.483 e. The fraction of sp³-hybridized carbons (Fsp3) is 0.263. The number of hydrogen-bond donors (Lipinski definition) is 2. The zero-order chi connectivity index (χ0) is 21.7. The van der Waals surface area contributed by atoms with E-state index in [0.29, 0.717) is 37.0 Å². The first-order chi connectivity index (χ1) is 14.3. The van der Waals surface area contributed by atoms with E-state index in [4.69, 9.17) is 26.8 Å². The number of carbonyl (C=O) groups is 2. The zero-order valence-corrected chi connectivity index (χ0v) is 17.4. The number of anilines is 1. The Bertz CT molecular complexity index is 1040. The molecule has 1 heterocycles. The van der Waals surface area contributed by atoms with Gasteiger partial charge in [0, 0.05) is 23.8 Å². The zero-order valence-electron chi connectivity index (χ0n) is 15.8. The number of nitrogens with two attached hydrogens (primary N) is 1. The van der Waals surface area contributed by atoms with Gasteiger partial charge in [-0.2, -0.15) is 4.31 Å². The molecular weight excluding hydrogens is 434 g/mol. The van der Waals surface area contributed by atoms with Crippen LogP contribution in [0.1, 0.15) is 10.4 Å². The molecule has 0 unspecified atom stereocenters. The Hall–Kier alpha value is -2.66. The molecule has 2 aromatic rings. The van der Waals surface area contributed by atoms with Crippen LogP contribution in [0.4, 0.5) is 5.69 Å². The average Bonchev–Trinajstić information content (AvgIpc) is 2.73. The summed E-state index contributed by atoms with van der Waals surface area (Å²) in [5.74, 6) is -1.09. The second kappa shape index (κ2) is 9.43. The highest BCUT2D eigenvalue weighted by Gasteiger charge is 2.26. The van der Waals surface area contributed by atoms with E-state index in [1.54, 1.807) is 0 Å². The van der Waals surface area contributed by atoms with E-state index in [2.05, 4.69) is 5.32 Å². The summed E-state index contributed by atoms with van der Waals surface area (Å²) >= 11 is 5.83. The standard InChI is InChI=1S/C19H20ClN3O6S/c20-13-1-6-17(16(11-13)19(21)25)29-12-18(24)22-14-2-4-15(5-3-14)30(26,27)23-7-9-28-10-8-23/h1-6,11H,7-10,12H2,(H2,21,25)(H,22,24). The molecule has 1 aliphatic rings. The van der Waals surface area contributed by atoms with Crippen LogP contribution in [0, 0.1) is 0 Å². The van der Waals surface area contributed by atoms with Crippen molar-refractivity contribution in [3.8, 4) is 5.75 Å². The summed E-state index contributed by atoms with van der Waals surface area (Å²) in [4.78, 5) is 23.7. The third-order valence-corrected chi connectivity index (χ3v) is 6.46. The highest BCUT2D eigenvalue weighted by atomic mass is 35.5. The van der Waals surface area contributed by atoms with Gasteiger partial charge in [-0.25, -0.2) is 8.42 Å². The molecule has 0 spiro atoms. The topological polar surface area (TPSA) is 128 Å². The Kier molecular flexibility index (Phi) is 6.93. The third kappa shape index (κ3) is 5.28. The van der Waals surface area contributed by atoms with Crippen LogP contribution in [-0.2, 0) is 19.6 Å². The number of sulfonamides is 1. The first-order valence-electron chi connectivity index (χ1n) is 8.97. The molecule has 3 N–H and O–H groups in total. The van der Waals surface area contributed by atoms with Crippen LogP contribution in [0.25, 0.3) is 0 Å². The van der Waals surface area contributed by atoms with Gasteiger partial charge in [0.2, 0.25) is 10.0 Å². The molecule has 2 amide bonds. The van der Waals surface area contributed by atoms with Crippen molar-refractivity contribution in [1.82, 2.24) is 4.31 Å². The molecule has 30 heavy (non-hydrogen) atoms. The van der Waals surface area contributed by atoms with E-state index < -0.39 is 21.8 Å². The molecule has 0 atom stereocenters. The molecule has 0 aromatic heterocycles. The molecule has 160 valence electrons. The molecule has 3 rings (SSSR count). The number of morpholine rings is 1. The lowest BCUT2D eigenvalue weighted by Gasteiger charge is -2.26. The maximum Gasteiger partial charge on any atom is 0.262 e. The minimum atomic E-state index is -3.61. The van der Waals surface area contributed by atoms with E-state index in [1.807, 2.05) is 0 Å². The van der Waals surface area contributed by atoms with Crippen molar-refractivity contribution in [3.05, 3.63) is 53.1 Å². The van der Waals surface area contributed by atoms with Gasteiger partial charge in [-0.15, -0.1) is 0 Å².